The van der Waals surface area contributed by atoms with Crippen LogP contribution < -0.4 is 5.73 Å². The van der Waals surface area contributed by atoms with Gasteiger partial charge >= 0.3 is 0 Å². The number of amides is 1. The molecule has 1 amide bonds. The van der Waals surface area contributed by atoms with Crippen molar-refractivity contribution in [2.45, 2.75) is 38.8 Å². The van der Waals surface area contributed by atoms with Crippen LogP contribution in [0.15, 0.2) is 40.9 Å². The molecular weight excluding hydrogens is 326 g/mol. The second kappa shape index (κ2) is 7.81. The molecule has 0 radical (unpaired) electrons. The lowest BCUT2D eigenvalue weighted by atomic mass is 9.94. The predicted octanol–water partition coefficient (Wildman–Crippen LogP) is 3.40. The van der Waals surface area contributed by atoms with Crippen molar-refractivity contribution < 1.29 is 9.32 Å². The first-order valence-electron chi connectivity index (χ1n) is 8.12. The Bertz CT molecular complexity index is 674. The molecule has 3 rings (SSSR count). The summed E-state index contributed by atoms with van der Waals surface area (Å²) in [5.74, 6) is 0.578. The first kappa shape index (κ1) is 18.5. The Morgan fingerprint density at radius 2 is 2.08 bits per heavy atom. The average molecular weight is 350 g/mol. The van der Waals surface area contributed by atoms with Crippen molar-refractivity contribution in [3.63, 3.8) is 0 Å². The largest absolute Gasteiger partial charge is 0.359 e. The van der Waals surface area contributed by atoms with E-state index in [9.17, 15) is 4.79 Å². The third kappa shape index (κ3) is 3.62. The van der Waals surface area contributed by atoms with E-state index in [1.165, 1.54) is 0 Å². The van der Waals surface area contributed by atoms with Gasteiger partial charge in [0, 0.05) is 18.7 Å². The van der Waals surface area contributed by atoms with E-state index in [1.54, 1.807) is 0 Å². The Kier molecular flexibility index (Phi) is 6.02. The van der Waals surface area contributed by atoms with Gasteiger partial charge in [-0.25, -0.2) is 0 Å². The fourth-order valence-corrected chi connectivity index (χ4v) is 3.25. The molecule has 5 nitrogen and oxygen atoms in total. The highest BCUT2D eigenvalue weighted by Gasteiger charge is 2.36. The van der Waals surface area contributed by atoms with Crippen LogP contribution in [0, 0.1) is 12.8 Å². The molecule has 1 aliphatic heterocycles. The summed E-state index contributed by atoms with van der Waals surface area (Å²) in [6.07, 6.45) is 1.89. The van der Waals surface area contributed by atoms with Gasteiger partial charge in [0.2, 0.25) is 5.91 Å². The number of likely N-dealkylation sites (tertiary alicyclic amines) is 1. The number of aryl methyl sites for hydroxylation is 1. The molecule has 6 heteroatoms. The maximum absolute atomic E-state index is 12.9. The molecular formula is C18H24ClN3O2. The standard InChI is InChI=1S/C18H23N3O2.ClH/c1-12-11-16(23-20-12)15-9-6-10-21(15)18(22)13(2)17(19)14-7-4-3-5-8-14;/h3-5,7-8,11,13,15,17H,6,9-10,19H2,1-2H3;1H. The predicted molar refractivity (Wildman–Crippen MR) is 94.7 cm³/mol. The molecule has 2 heterocycles. The lowest BCUT2D eigenvalue weighted by Gasteiger charge is -2.28. The summed E-state index contributed by atoms with van der Waals surface area (Å²) in [7, 11) is 0. The van der Waals surface area contributed by atoms with Gasteiger partial charge in [-0.1, -0.05) is 42.4 Å². The number of benzene rings is 1. The first-order chi connectivity index (χ1) is 11.1. The van der Waals surface area contributed by atoms with Crippen LogP contribution in [-0.2, 0) is 4.79 Å². The molecule has 3 atom stereocenters. The molecule has 0 spiro atoms. The van der Waals surface area contributed by atoms with Gasteiger partial charge in [-0.05, 0) is 25.3 Å². The SMILES string of the molecule is Cc1cc(C2CCCN2C(=O)C(C)C(N)c2ccccc2)on1.Cl. The third-order valence-corrected chi connectivity index (χ3v) is 4.62. The molecule has 2 aromatic rings. The first-order valence-corrected chi connectivity index (χ1v) is 8.12. The number of nitrogens with two attached hydrogens (primary N) is 1. The number of aromatic nitrogens is 1. The van der Waals surface area contributed by atoms with E-state index >= 15 is 0 Å². The van der Waals surface area contributed by atoms with Crippen LogP contribution >= 0.6 is 12.4 Å². The van der Waals surface area contributed by atoms with E-state index in [0.717, 1.165) is 36.4 Å². The second-order valence-electron chi connectivity index (χ2n) is 6.29. The fraction of sp³-hybridized carbons (Fsp3) is 0.444. The second-order valence-corrected chi connectivity index (χ2v) is 6.29. The molecule has 2 N–H and O–H groups in total. The normalized spacial score (nSPS) is 19.6. The number of rotatable bonds is 4. The molecule has 1 aromatic heterocycles. The molecule has 1 aliphatic rings. The molecule has 3 unspecified atom stereocenters. The van der Waals surface area contributed by atoms with Crippen LogP contribution in [0.3, 0.4) is 0 Å². The van der Waals surface area contributed by atoms with Crippen LogP contribution in [0.25, 0.3) is 0 Å². The molecule has 1 aromatic carbocycles. The molecule has 24 heavy (non-hydrogen) atoms. The number of hydrogen-bond donors (Lipinski definition) is 1. The molecule has 0 saturated carbocycles. The van der Waals surface area contributed by atoms with Gasteiger partial charge in [0.25, 0.3) is 0 Å². The van der Waals surface area contributed by atoms with Gasteiger partial charge < -0.3 is 15.2 Å². The summed E-state index contributed by atoms with van der Waals surface area (Å²) >= 11 is 0. The lowest BCUT2D eigenvalue weighted by molar-refractivity contribution is -0.137. The molecule has 0 aliphatic carbocycles. The van der Waals surface area contributed by atoms with Gasteiger partial charge in [0.15, 0.2) is 5.76 Å². The van der Waals surface area contributed by atoms with Crippen LogP contribution in [0.4, 0.5) is 0 Å². The van der Waals surface area contributed by atoms with Gasteiger partial charge in [-0.15, -0.1) is 12.4 Å². The zero-order chi connectivity index (χ0) is 16.4. The van der Waals surface area contributed by atoms with E-state index in [4.69, 9.17) is 10.3 Å². The minimum atomic E-state index is -0.304. The lowest BCUT2D eigenvalue weighted by Crippen LogP contribution is -2.39. The van der Waals surface area contributed by atoms with Crippen LogP contribution in [0.5, 0.6) is 0 Å². The van der Waals surface area contributed by atoms with Crippen LogP contribution in [0.2, 0.25) is 0 Å². The maximum Gasteiger partial charge on any atom is 0.227 e. The highest BCUT2D eigenvalue weighted by Crippen LogP contribution is 2.34. The highest BCUT2D eigenvalue weighted by molar-refractivity contribution is 5.85. The van der Waals surface area contributed by atoms with Crippen molar-refractivity contribution in [2.75, 3.05) is 6.54 Å². The Labute approximate surface area is 148 Å². The molecule has 130 valence electrons. The Balaban J connectivity index is 0.00000208. The van der Waals surface area contributed by atoms with Gasteiger partial charge in [-0.2, -0.15) is 0 Å². The van der Waals surface area contributed by atoms with Crippen molar-refractivity contribution in [2.24, 2.45) is 11.7 Å². The number of nitrogens with zero attached hydrogens (tertiary/aromatic N) is 2. The Morgan fingerprint density at radius 1 is 1.38 bits per heavy atom. The zero-order valence-corrected chi connectivity index (χ0v) is 14.8. The van der Waals surface area contributed by atoms with E-state index < -0.39 is 0 Å². The van der Waals surface area contributed by atoms with Crippen molar-refractivity contribution in [1.82, 2.24) is 10.1 Å². The molecule has 0 bridgehead atoms. The van der Waals surface area contributed by atoms with E-state index in [-0.39, 0.29) is 36.3 Å². The monoisotopic (exact) mass is 349 g/mol. The van der Waals surface area contributed by atoms with E-state index in [2.05, 4.69) is 5.16 Å². The van der Waals surface area contributed by atoms with E-state index in [0.29, 0.717) is 0 Å². The number of carbonyl (C=O) groups excluding carboxylic acids is 1. The maximum atomic E-state index is 12.9. The van der Waals surface area contributed by atoms with Crippen molar-refractivity contribution in [1.29, 1.82) is 0 Å². The minimum absolute atomic E-state index is 0. The van der Waals surface area contributed by atoms with Gasteiger partial charge in [0.1, 0.15) is 0 Å². The topological polar surface area (TPSA) is 72.4 Å². The fourth-order valence-electron chi connectivity index (χ4n) is 3.25. The van der Waals surface area contributed by atoms with Gasteiger partial charge in [0.05, 0.1) is 17.7 Å². The Morgan fingerprint density at radius 3 is 2.71 bits per heavy atom. The number of carbonyl (C=O) groups is 1. The third-order valence-electron chi connectivity index (χ3n) is 4.62. The summed E-state index contributed by atoms with van der Waals surface area (Å²) in [4.78, 5) is 14.8. The van der Waals surface area contributed by atoms with E-state index in [1.807, 2.05) is 55.1 Å². The minimum Gasteiger partial charge on any atom is -0.359 e. The summed E-state index contributed by atoms with van der Waals surface area (Å²) in [6, 6.07) is 11.4. The van der Waals surface area contributed by atoms with Crippen LogP contribution in [-0.4, -0.2) is 22.5 Å². The van der Waals surface area contributed by atoms with Crippen molar-refractivity contribution in [3.8, 4) is 0 Å². The summed E-state index contributed by atoms with van der Waals surface area (Å²) in [6.45, 7) is 4.54. The highest BCUT2D eigenvalue weighted by atomic mass is 35.5. The number of halogens is 1. The summed E-state index contributed by atoms with van der Waals surface area (Å²) in [5.41, 5.74) is 8.14. The van der Waals surface area contributed by atoms with Crippen molar-refractivity contribution in [3.05, 3.63) is 53.4 Å². The number of hydrogen-bond acceptors (Lipinski definition) is 4. The summed E-state index contributed by atoms with van der Waals surface area (Å²) in [5, 5.41) is 3.94. The summed E-state index contributed by atoms with van der Waals surface area (Å²) < 4.78 is 5.38. The zero-order valence-electron chi connectivity index (χ0n) is 14.0. The van der Waals surface area contributed by atoms with Crippen molar-refractivity contribution >= 4 is 18.3 Å². The van der Waals surface area contributed by atoms with Gasteiger partial charge in [-0.3, -0.25) is 4.79 Å². The Hall–Kier alpha value is -1.85. The average Bonchev–Trinajstić information content (AvgIpc) is 3.22. The van der Waals surface area contributed by atoms with Crippen LogP contribution in [0.1, 0.15) is 48.9 Å². The molecule has 1 fully saturated rings. The quantitative estimate of drug-likeness (QED) is 0.918. The molecule has 1 saturated heterocycles. The smallest absolute Gasteiger partial charge is 0.227 e.